The second kappa shape index (κ2) is 20.1. The van der Waals surface area contributed by atoms with E-state index in [-0.39, 0.29) is 6.54 Å². The molecule has 2 N–H and O–H groups in total. The van der Waals surface area contributed by atoms with Crippen LogP contribution in [0, 0.1) is 5.92 Å². The smallest absolute Gasteiger partial charge is 0.242 e. The van der Waals surface area contributed by atoms with Crippen LogP contribution in [0.5, 0.6) is 0 Å². The summed E-state index contributed by atoms with van der Waals surface area (Å²) >= 11 is 0. The van der Waals surface area contributed by atoms with Crippen LogP contribution < -0.4 is 5.73 Å². The van der Waals surface area contributed by atoms with Gasteiger partial charge in [-0.05, 0) is 6.42 Å². The average Bonchev–Trinajstić information content (AvgIpc) is 2.60. The largest absolute Gasteiger partial charge is 0.330 e. The zero-order chi connectivity index (χ0) is 18.6. The van der Waals surface area contributed by atoms with Gasteiger partial charge in [-0.1, -0.05) is 116 Å². The van der Waals surface area contributed by atoms with Crippen molar-refractivity contribution < 1.29 is 8.78 Å². The van der Waals surface area contributed by atoms with E-state index in [0.29, 0.717) is 6.42 Å². The molecule has 1 atom stereocenters. The normalized spacial score (nSPS) is 12.8. The molecule has 3 heteroatoms. The Hall–Kier alpha value is -0.180. The van der Waals surface area contributed by atoms with Crippen LogP contribution in [-0.2, 0) is 0 Å². The summed E-state index contributed by atoms with van der Waals surface area (Å²) < 4.78 is 25.1. The molecule has 0 aliphatic heterocycles. The summed E-state index contributed by atoms with van der Waals surface area (Å²) in [7, 11) is 0. The van der Waals surface area contributed by atoms with Crippen molar-refractivity contribution in [1.82, 2.24) is 0 Å². The molecule has 0 radical (unpaired) electrons. The minimum Gasteiger partial charge on any atom is -0.330 e. The number of nitrogens with two attached hydrogens (primary N) is 1. The number of hydrogen-bond donors (Lipinski definition) is 1. The van der Waals surface area contributed by atoms with Gasteiger partial charge in [0.25, 0.3) is 0 Å². The van der Waals surface area contributed by atoms with Crippen molar-refractivity contribution in [2.45, 2.75) is 129 Å². The van der Waals surface area contributed by atoms with Crippen LogP contribution in [0.2, 0.25) is 0 Å². The minimum absolute atomic E-state index is 0.122. The van der Waals surface area contributed by atoms with Gasteiger partial charge in [0.2, 0.25) is 6.43 Å². The first kappa shape index (κ1) is 24.8. The molecule has 0 fully saturated rings. The Balaban J connectivity index is 3.09. The Labute approximate surface area is 156 Å². The maximum atomic E-state index is 12.5. The minimum atomic E-state index is -2.24. The maximum absolute atomic E-state index is 12.5. The second-order valence-electron chi connectivity index (χ2n) is 7.78. The lowest BCUT2D eigenvalue weighted by Gasteiger charge is -2.12. The van der Waals surface area contributed by atoms with Gasteiger partial charge in [-0.2, -0.15) is 0 Å². The van der Waals surface area contributed by atoms with Gasteiger partial charge in [-0.3, -0.25) is 0 Å². The van der Waals surface area contributed by atoms with Crippen molar-refractivity contribution in [2.75, 3.05) is 6.54 Å². The van der Waals surface area contributed by atoms with Crippen molar-refractivity contribution in [1.29, 1.82) is 0 Å². The van der Waals surface area contributed by atoms with Crippen LogP contribution in [0.1, 0.15) is 122 Å². The number of unbranched alkanes of at least 4 members (excludes halogenated alkanes) is 16. The number of hydrogen-bond acceptors (Lipinski definition) is 1. The molecule has 0 spiro atoms. The summed E-state index contributed by atoms with van der Waals surface area (Å²) in [5.41, 5.74) is 5.37. The lowest BCUT2D eigenvalue weighted by molar-refractivity contribution is 0.0752. The van der Waals surface area contributed by atoms with Gasteiger partial charge in [0.05, 0.1) is 0 Å². The Kier molecular flexibility index (Phi) is 20.0. The molecule has 0 heterocycles. The highest BCUT2D eigenvalue weighted by Crippen LogP contribution is 2.18. The number of halogens is 2. The van der Waals surface area contributed by atoms with Crippen molar-refractivity contribution in [3.63, 3.8) is 0 Å². The van der Waals surface area contributed by atoms with E-state index in [1.165, 1.54) is 96.3 Å². The highest BCUT2D eigenvalue weighted by Gasteiger charge is 2.17. The molecule has 0 aromatic rings. The molecule has 0 saturated heterocycles. The molecule has 0 rings (SSSR count). The molecule has 0 aromatic heterocycles. The summed E-state index contributed by atoms with van der Waals surface area (Å²) in [6.07, 6.45) is 20.9. The summed E-state index contributed by atoms with van der Waals surface area (Å²) in [6, 6.07) is 0. The van der Waals surface area contributed by atoms with E-state index < -0.39 is 12.3 Å². The van der Waals surface area contributed by atoms with E-state index in [0.717, 1.165) is 12.8 Å². The van der Waals surface area contributed by atoms with E-state index in [2.05, 4.69) is 6.92 Å². The van der Waals surface area contributed by atoms with Gasteiger partial charge >= 0.3 is 0 Å². The van der Waals surface area contributed by atoms with E-state index in [9.17, 15) is 8.78 Å². The molecule has 0 amide bonds. The molecule has 25 heavy (non-hydrogen) atoms. The molecular formula is C22H45F2N. The standard InChI is InChI=1S/C22H45F2N/c1-2-3-4-5-6-7-8-9-10-11-12-13-14-15-16-17-18-19-21(20-25)22(23)24/h21-22H,2-20,25H2,1H3. The fourth-order valence-corrected chi connectivity index (χ4v) is 3.48. The molecule has 152 valence electrons. The van der Waals surface area contributed by atoms with Crippen LogP contribution in [0.25, 0.3) is 0 Å². The first-order chi connectivity index (χ1) is 12.2. The lowest BCUT2D eigenvalue weighted by atomic mass is 10.00. The second-order valence-corrected chi connectivity index (χ2v) is 7.78. The molecule has 1 nitrogen and oxygen atoms in total. The third kappa shape index (κ3) is 18.4. The zero-order valence-corrected chi connectivity index (χ0v) is 16.9. The van der Waals surface area contributed by atoms with E-state index in [1.807, 2.05) is 0 Å². The summed E-state index contributed by atoms with van der Waals surface area (Å²) in [6.45, 7) is 2.39. The van der Waals surface area contributed by atoms with Gasteiger partial charge in [0.1, 0.15) is 0 Å². The van der Waals surface area contributed by atoms with Crippen LogP contribution in [0.15, 0.2) is 0 Å². The third-order valence-corrected chi connectivity index (χ3v) is 5.34. The fraction of sp³-hybridized carbons (Fsp3) is 1.00. The Morgan fingerprint density at radius 1 is 0.560 bits per heavy atom. The quantitative estimate of drug-likeness (QED) is 0.219. The molecule has 0 aromatic carbocycles. The predicted octanol–water partition coefficient (Wildman–Crippen LogP) is 7.87. The maximum Gasteiger partial charge on any atom is 0.242 e. The van der Waals surface area contributed by atoms with Crippen molar-refractivity contribution in [2.24, 2.45) is 11.7 Å². The molecule has 0 saturated carbocycles. The van der Waals surface area contributed by atoms with Crippen LogP contribution in [0.4, 0.5) is 8.78 Å². The SMILES string of the molecule is CCCCCCCCCCCCCCCCCCCC(CN)C(F)F. The molecule has 0 aliphatic rings. The molecule has 1 unspecified atom stereocenters. The third-order valence-electron chi connectivity index (χ3n) is 5.34. The van der Waals surface area contributed by atoms with Gasteiger partial charge in [-0.25, -0.2) is 8.78 Å². The van der Waals surface area contributed by atoms with Gasteiger partial charge < -0.3 is 5.73 Å². The van der Waals surface area contributed by atoms with Crippen molar-refractivity contribution >= 4 is 0 Å². The first-order valence-corrected chi connectivity index (χ1v) is 11.2. The Bertz CT molecular complexity index is 246. The molecule has 0 bridgehead atoms. The number of rotatable bonds is 20. The van der Waals surface area contributed by atoms with Gasteiger partial charge in [0, 0.05) is 12.5 Å². The molecule has 0 aliphatic carbocycles. The van der Waals surface area contributed by atoms with Gasteiger partial charge in [0.15, 0.2) is 0 Å². The summed E-state index contributed by atoms with van der Waals surface area (Å²) in [4.78, 5) is 0. The van der Waals surface area contributed by atoms with Crippen molar-refractivity contribution in [3.05, 3.63) is 0 Å². The zero-order valence-electron chi connectivity index (χ0n) is 16.9. The lowest BCUT2D eigenvalue weighted by Crippen LogP contribution is -2.21. The number of alkyl halides is 2. The summed E-state index contributed by atoms with van der Waals surface area (Å²) in [5.74, 6) is -0.587. The van der Waals surface area contributed by atoms with Crippen LogP contribution in [-0.4, -0.2) is 13.0 Å². The predicted molar refractivity (Wildman–Crippen MR) is 107 cm³/mol. The van der Waals surface area contributed by atoms with E-state index in [4.69, 9.17) is 5.73 Å². The first-order valence-electron chi connectivity index (χ1n) is 11.2. The summed E-state index contributed by atoms with van der Waals surface area (Å²) in [5, 5.41) is 0. The monoisotopic (exact) mass is 361 g/mol. The van der Waals surface area contributed by atoms with Crippen LogP contribution in [0.3, 0.4) is 0 Å². The Morgan fingerprint density at radius 2 is 0.880 bits per heavy atom. The molecular weight excluding hydrogens is 316 g/mol. The highest BCUT2D eigenvalue weighted by molar-refractivity contribution is 4.62. The Morgan fingerprint density at radius 3 is 1.16 bits per heavy atom. The van der Waals surface area contributed by atoms with E-state index in [1.54, 1.807) is 0 Å². The highest BCUT2D eigenvalue weighted by atomic mass is 19.3. The van der Waals surface area contributed by atoms with E-state index >= 15 is 0 Å². The van der Waals surface area contributed by atoms with Crippen molar-refractivity contribution in [3.8, 4) is 0 Å². The topological polar surface area (TPSA) is 26.0 Å². The van der Waals surface area contributed by atoms with Crippen LogP contribution >= 0.6 is 0 Å². The average molecular weight is 362 g/mol. The fourth-order valence-electron chi connectivity index (χ4n) is 3.48. The van der Waals surface area contributed by atoms with Gasteiger partial charge in [-0.15, -0.1) is 0 Å².